The van der Waals surface area contributed by atoms with Crippen molar-refractivity contribution in [2.24, 2.45) is 5.92 Å². The Kier molecular flexibility index (Phi) is 6.32. The van der Waals surface area contributed by atoms with Crippen molar-refractivity contribution in [1.29, 1.82) is 0 Å². The number of rotatable bonds is 6. The molecule has 3 heteroatoms. The molecule has 1 saturated carbocycles. The molecule has 0 saturated heterocycles. The molecular formula is C13H27NO2. The molecule has 0 radical (unpaired) electrons. The maximum atomic E-state index is 9.73. The number of hydrogen-bond acceptors (Lipinski definition) is 3. The van der Waals surface area contributed by atoms with Gasteiger partial charge in [-0.1, -0.05) is 33.6 Å². The van der Waals surface area contributed by atoms with Gasteiger partial charge < -0.3 is 15.2 Å². The third kappa shape index (κ3) is 5.28. The van der Waals surface area contributed by atoms with Gasteiger partial charge in [0, 0.05) is 12.6 Å². The van der Waals surface area contributed by atoms with E-state index in [0.717, 1.165) is 6.42 Å². The number of aliphatic hydroxyl groups is 1. The Labute approximate surface area is 99.6 Å². The summed E-state index contributed by atoms with van der Waals surface area (Å²) < 4.78 is 5.80. The Morgan fingerprint density at radius 1 is 1.31 bits per heavy atom. The van der Waals surface area contributed by atoms with E-state index in [2.05, 4.69) is 26.1 Å². The second-order valence-electron chi connectivity index (χ2n) is 5.35. The third-order valence-electron chi connectivity index (χ3n) is 3.30. The van der Waals surface area contributed by atoms with Crippen molar-refractivity contribution >= 4 is 0 Å². The first-order valence-electron chi connectivity index (χ1n) is 6.62. The standard InChI is InChI=1S/C13H27NO2/c1-10(2)14-8-12(15)9-16-13-7-5-4-6-11(13)3/h10-15H,4-9H2,1-3H3. The Hall–Kier alpha value is -0.120. The van der Waals surface area contributed by atoms with Crippen LogP contribution < -0.4 is 5.32 Å². The molecule has 0 aromatic rings. The lowest BCUT2D eigenvalue weighted by Crippen LogP contribution is -2.36. The van der Waals surface area contributed by atoms with Crippen molar-refractivity contribution in [3.8, 4) is 0 Å². The minimum atomic E-state index is -0.378. The van der Waals surface area contributed by atoms with Crippen molar-refractivity contribution < 1.29 is 9.84 Å². The Balaban J connectivity index is 2.12. The minimum absolute atomic E-state index is 0.363. The Morgan fingerprint density at radius 3 is 2.62 bits per heavy atom. The highest BCUT2D eigenvalue weighted by Gasteiger charge is 2.22. The van der Waals surface area contributed by atoms with Crippen LogP contribution in [0, 0.1) is 5.92 Å². The monoisotopic (exact) mass is 229 g/mol. The fourth-order valence-electron chi connectivity index (χ4n) is 2.20. The van der Waals surface area contributed by atoms with Crippen molar-refractivity contribution in [2.75, 3.05) is 13.2 Å². The molecule has 1 aliphatic carbocycles. The van der Waals surface area contributed by atoms with E-state index in [0.29, 0.717) is 31.2 Å². The fraction of sp³-hybridized carbons (Fsp3) is 1.00. The maximum absolute atomic E-state index is 9.73. The molecule has 0 aromatic carbocycles. The third-order valence-corrected chi connectivity index (χ3v) is 3.30. The lowest BCUT2D eigenvalue weighted by molar-refractivity contribution is -0.0454. The van der Waals surface area contributed by atoms with Crippen LogP contribution in [0.1, 0.15) is 46.5 Å². The molecule has 3 unspecified atom stereocenters. The first kappa shape index (κ1) is 13.9. The van der Waals surface area contributed by atoms with E-state index in [4.69, 9.17) is 4.74 Å². The van der Waals surface area contributed by atoms with Gasteiger partial charge in [0.15, 0.2) is 0 Å². The topological polar surface area (TPSA) is 41.5 Å². The van der Waals surface area contributed by atoms with Crippen molar-refractivity contribution in [3.63, 3.8) is 0 Å². The largest absolute Gasteiger partial charge is 0.389 e. The molecule has 1 rings (SSSR count). The van der Waals surface area contributed by atoms with E-state index in [1.165, 1.54) is 19.3 Å². The van der Waals surface area contributed by atoms with Crippen molar-refractivity contribution in [3.05, 3.63) is 0 Å². The predicted octanol–water partition coefficient (Wildman–Crippen LogP) is 1.94. The van der Waals surface area contributed by atoms with Crippen molar-refractivity contribution in [1.82, 2.24) is 5.32 Å². The van der Waals surface area contributed by atoms with Gasteiger partial charge in [0.2, 0.25) is 0 Å². The summed E-state index contributed by atoms with van der Waals surface area (Å²) in [7, 11) is 0. The van der Waals surface area contributed by atoms with Gasteiger partial charge in [-0.05, 0) is 18.8 Å². The van der Waals surface area contributed by atoms with Crippen LogP contribution >= 0.6 is 0 Å². The molecule has 0 heterocycles. The average Bonchev–Trinajstić information content (AvgIpc) is 2.25. The van der Waals surface area contributed by atoms with Gasteiger partial charge >= 0.3 is 0 Å². The summed E-state index contributed by atoms with van der Waals surface area (Å²) in [4.78, 5) is 0. The smallest absolute Gasteiger partial charge is 0.0897 e. The van der Waals surface area contributed by atoms with Crippen molar-refractivity contribution in [2.45, 2.75) is 64.7 Å². The molecule has 3 atom stereocenters. The van der Waals surface area contributed by atoms with Crippen LogP contribution in [0.15, 0.2) is 0 Å². The van der Waals surface area contributed by atoms with E-state index in [1.54, 1.807) is 0 Å². The summed E-state index contributed by atoms with van der Waals surface area (Å²) in [5.74, 6) is 0.652. The van der Waals surface area contributed by atoms with Crippen LogP contribution in [0.25, 0.3) is 0 Å². The SMILES string of the molecule is CC(C)NCC(O)COC1CCCCC1C. The first-order chi connectivity index (χ1) is 7.59. The Morgan fingerprint density at radius 2 is 2.00 bits per heavy atom. The molecule has 0 spiro atoms. The zero-order chi connectivity index (χ0) is 12.0. The molecule has 1 aliphatic rings. The molecule has 2 N–H and O–H groups in total. The van der Waals surface area contributed by atoms with Gasteiger partial charge in [-0.25, -0.2) is 0 Å². The molecule has 16 heavy (non-hydrogen) atoms. The van der Waals surface area contributed by atoms with E-state index >= 15 is 0 Å². The Bertz CT molecular complexity index is 185. The minimum Gasteiger partial charge on any atom is -0.389 e. The summed E-state index contributed by atoms with van der Waals surface area (Å²) in [6.07, 6.45) is 5.02. The first-order valence-corrected chi connectivity index (χ1v) is 6.62. The summed E-state index contributed by atoms with van der Waals surface area (Å²) in [6.45, 7) is 7.50. The molecule has 0 amide bonds. The molecule has 1 fully saturated rings. The summed E-state index contributed by atoms with van der Waals surface area (Å²) in [5, 5.41) is 12.9. The van der Waals surface area contributed by atoms with Crippen LogP contribution in [0.5, 0.6) is 0 Å². The predicted molar refractivity (Wildman–Crippen MR) is 66.5 cm³/mol. The number of ether oxygens (including phenoxy) is 1. The highest BCUT2D eigenvalue weighted by Crippen LogP contribution is 2.26. The lowest BCUT2D eigenvalue weighted by atomic mass is 9.88. The van der Waals surface area contributed by atoms with Gasteiger partial charge in [0.1, 0.15) is 0 Å². The molecule has 96 valence electrons. The van der Waals surface area contributed by atoms with Crippen LogP contribution in [-0.2, 0) is 4.74 Å². The number of hydrogen-bond donors (Lipinski definition) is 2. The highest BCUT2D eigenvalue weighted by molar-refractivity contribution is 4.73. The van der Waals surface area contributed by atoms with E-state index in [1.807, 2.05) is 0 Å². The number of aliphatic hydroxyl groups excluding tert-OH is 1. The molecule has 0 bridgehead atoms. The van der Waals surface area contributed by atoms with Crippen LogP contribution in [0.4, 0.5) is 0 Å². The van der Waals surface area contributed by atoms with Gasteiger partial charge in [-0.3, -0.25) is 0 Å². The fourth-order valence-corrected chi connectivity index (χ4v) is 2.20. The number of nitrogens with one attached hydrogen (secondary N) is 1. The average molecular weight is 229 g/mol. The summed E-state index contributed by atoms with van der Waals surface area (Å²) >= 11 is 0. The van der Waals surface area contributed by atoms with Crippen LogP contribution in [0.2, 0.25) is 0 Å². The molecule has 0 aliphatic heterocycles. The zero-order valence-electron chi connectivity index (χ0n) is 10.9. The normalized spacial score (nSPS) is 28.3. The van der Waals surface area contributed by atoms with Gasteiger partial charge in [0.05, 0.1) is 18.8 Å². The quantitative estimate of drug-likeness (QED) is 0.731. The lowest BCUT2D eigenvalue weighted by Gasteiger charge is -2.29. The molecule has 0 aromatic heterocycles. The molecule has 3 nitrogen and oxygen atoms in total. The van der Waals surface area contributed by atoms with Gasteiger partial charge in [0.25, 0.3) is 0 Å². The summed E-state index contributed by atoms with van der Waals surface area (Å²) in [5.41, 5.74) is 0. The second-order valence-corrected chi connectivity index (χ2v) is 5.35. The highest BCUT2D eigenvalue weighted by atomic mass is 16.5. The van der Waals surface area contributed by atoms with E-state index in [-0.39, 0.29) is 6.10 Å². The van der Waals surface area contributed by atoms with Gasteiger partial charge in [-0.15, -0.1) is 0 Å². The van der Waals surface area contributed by atoms with Crippen LogP contribution in [-0.4, -0.2) is 36.5 Å². The summed E-state index contributed by atoms with van der Waals surface area (Å²) in [6, 6.07) is 0.420. The zero-order valence-corrected chi connectivity index (χ0v) is 10.9. The maximum Gasteiger partial charge on any atom is 0.0897 e. The second kappa shape index (κ2) is 7.25. The molecular weight excluding hydrogens is 202 g/mol. The van der Waals surface area contributed by atoms with E-state index in [9.17, 15) is 5.11 Å². The van der Waals surface area contributed by atoms with Gasteiger partial charge in [-0.2, -0.15) is 0 Å². The van der Waals surface area contributed by atoms with E-state index < -0.39 is 0 Å². The van der Waals surface area contributed by atoms with Crippen LogP contribution in [0.3, 0.4) is 0 Å².